The Kier molecular flexibility index (Phi) is 6.90. The molecule has 2 aromatic rings. The van der Waals surface area contributed by atoms with Crippen molar-refractivity contribution in [1.29, 1.82) is 0 Å². The van der Waals surface area contributed by atoms with Gasteiger partial charge in [0.1, 0.15) is 0 Å². The molecule has 37 heavy (non-hydrogen) atoms. The Hall–Kier alpha value is -1.26. The molecular formula is C20H12F12O2S2Se. The molecule has 2 aromatic carbocycles. The van der Waals surface area contributed by atoms with Crippen LogP contribution >= 0.6 is 23.5 Å². The summed E-state index contributed by atoms with van der Waals surface area (Å²) in [6.45, 7) is 0. The summed E-state index contributed by atoms with van der Waals surface area (Å²) in [5, 5.41) is 0. The summed E-state index contributed by atoms with van der Waals surface area (Å²) in [6, 6.07) is 11.9. The molecule has 17 heteroatoms. The van der Waals surface area contributed by atoms with Crippen molar-refractivity contribution in [3.8, 4) is 0 Å². The van der Waals surface area contributed by atoms with Gasteiger partial charge in [0.05, 0.1) is 0 Å². The van der Waals surface area contributed by atoms with Crippen molar-refractivity contribution in [2.24, 2.45) is 0 Å². The molecule has 2 nitrogen and oxygen atoms in total. The van der Waals surface area contributed by atoms with Crippen molar-refractivity contribution in [3.05, 3.63) is 60.7 Å². The van der Waals surface area contributed by atoms with E-state index in [9.17, 15) is 52.7 Å². The van der Waals surface area contributed by atoms with Crippen LogP contribution in [-0.2, 0) is 7.64 Å². The molecule has 0 amide bonds. The molecule has 0 saturated carbocycles. The van der Waals surface area contributed by atoms with Crippen molar-refractivity contribution in [1.82, 2.24) is 0 Å². The molecular weight excluding hydrogens is 643 g/mol. The van der Waals surface area contributed by atoms with Crippen LogP contribution in [-0.4, -0.2) is 57.7 Å². The molecule has 2 heterocycles. The summed E-state index contributed by atoms with van der Waals surface area (Å²) in [5.74, 6) is 0. The molecule has 0 radical (unpaired) electrons. The third kappa shape index (κ3) is 4.15. The first-order valence-electron chi connectivity index (χ1n) is 9.76. The number of thioether (sulfide) groups is 2. The molecule has 0 N–H and O–H groups in total. The van der Waals surface area contributed by atoms with Gasteiger partial charge >= 0.3 is 212 Å². The van der Waals surface area contributed by atoms with E-state index in [1.807, 2.05) is 0 Å². The Bertz CT molecular complexity index is 1000. The molecule has 0 bridgehead atoms. The van der Waals surface area contributed by atoms with Crippen LogP contribution in [0.5, 0.6) is 0 Å². The van der Waals surface area contributed by atoms with Gasteiger partial charge in [-0.15, -0.1) is 0 Å². The van der Waals surface area contributed by atoms with Crippen LogP contribution in [0.2, 0.25) is 0 Å². The Balaban J connectivity index is 1.92. The average Bonchev–Trinajstić information content (AvgIpc) is 2.72. The van der Waals surface area contributed by atoms with E-state index >= 15 is 0 Å². The van der Waals surface area contributed by atoms with Crippen LogP contribution in [0, 0.1) is 0 Å². The molecule has 1 unspecified atom stereocenters. The third-order valence-electron chi connectivity index (χ3n) is 5.44. The zero-order chi connectivity index (χ0) is 27.7. The summed E-state index contributed by atoms with van der Waals surface area (Å²) < 4.78 is 171. The minimum atomic E-state index is -6.24. The molecule has 2 aliphatic rings. The summed E-state index contributed by atoms with van der Waals surface area (Å²) in [5.41, 5.74) is -10.1. The number of benzene rings is 2. The molecule has 0 aromatic heterocycles. The maximum atomic E-state index is 14.0. The van der Waals surface area contributed by atoms with Gasteiger partial charge in [0.15, 0.2) is 0 Å². The molecule has 1 spiro atoms. The Morgan fingerprint density at radius 1 is 0.514 bits per heavy atom. The van der Waals surface area contributed by atoms with Gasteiger partial charge < -0.3 is 0 Å². The van der Waals surface area contributed by atoms with Gasteiger partial charge in [0.25, 0.3) is 0 Å². The fourth-order valence-electron chi connectivity index (χ4n) is 3.76. The number of hydrogen-bond donors (Lipinski definition) is 0. The second kappa shape index (κ2) is 8.88. The molecule has 2 fully saturated rings. The van der Waals surface area contributed by atoms with Gasteiger partial charge in [-0.25, -0.2) is 0 Å². The fraction of sp³-hybridized carbons (Fsp3) is 0.400. The molecule has 4 rings (SSSR count). The predicted molar refractivity (Wildman–Crippen MR) is 110 cm³/mol. The van der Waals surface area contributed by atoms with Crippen molar-refractivity contribution in [2.45, 2.75) is 54.0 Å². The topological polar surface area (TPSA) is 18.5 Å². The molecule has 0 aliphatic carbocycles. The van der Waals surface area contributed by atoms with E-state index in [-0.39, 0.29) is 33.3 Å². The van der Waals surface area contributed by atoms with E-state index in [4.69, 9.17) is 0 Å². The first-order valence-corrected chi connectivity index (χ1v) is 14.9. The molecule has 2 aliphatic heterocycles. The van der Waals surface area contributed by atoms with Crippen molar-refractivity contribution < 1.29 is 60.3 Å². The number of hydrogen-bond acceptors (Lipinski definition) is 4. The normalized spacial score (nSPS) is 29.2. The van der Waals surface area contributed by atoms with Crippen LogP contribution in [0.1, 0.15) is 0 Å². The summed E-state index contributed by atoms with van der Waals surface area (Å²) in [6.07, 6.45) is -24.9. The number of alkyl halides is 12. The van der Waals surface area contributed by atoms with Gasteiger partial charge in [-0.2, -0.15) is 0 Å². The Morgan fingerprint density at radius 3 is 1.03 bits per heavy atom. The number of rotatable bonds is 4. The van der Waals surface area contributed by atoms with Gasteiger partial charge in [-0.3, -0.25) is 0 Å². The maximum absolute atomic E-state index is 14.0. The first-order chi connectivity index (χ1) is 16.8. The monoisotopic (exact) mass is 656 g/mol. The van der Waals surface area contributed by atoms with Gasteiger partial charge in [0, 0.05) is 0 Å². The Morgan fingerprint density at radius 2 is 0.784 bits per heavy atom. The van der Waals surface area contributed by atoms with Gasteiger partial charge in [-0.05, 0) is 0 Å². The zero-order valence-corrected chi connectivity index (χ0v) is 20.9. The Labute approximate surface area is 211 Å². The standard InChI is InChI=1S/C20H12F12O2S2Se/c21-17(22,23)15(18(24,25)26)13(35-11-7-3-1-4-8-11)37(33-15)14(36-12-9-5-2-6-10-12)16(34-37,19(27,28)29)20(30,31)32/h1-10,13-14H/t13-,14+. The van der Waals surface area contributed by atoms with Crippen LogP contribution in [0.25, 0.3) is 0 Å². The van der Waals surface area contributed by atoms with Crippen LogP contribution in [0.15, 0.2) is 70.5 Å². The van der Waals surface area contributed by atoms with Crippen LogP contribution in [0.4, 0.5) is 52.7 Å². The van der Waals surface area contributed by atoms with E-state index in [2.05, 4.69) is 7.64 Å². The van der Waals surface area contributed by atoms with E-state index in [1.165, 1.54) is 36.4 Å². The van der Waals surface area contributed by atoms with Gasteiger partial charge in [-0.1, -0.05) is 0 Å². The van der Waals surface area contributed by atoms with Crippen LogP contribution in [0.3, 0.4) is 0 Å². The van der Waals surface area contributed by atoms with Crippen LogP contribution < -0.4 is 0 Å². The zero-order valence-electron chi connectivity index (χ0n) is 17.5. The van der Waals surface area contributed by atoms with Crippen molar-refractivity contribution >= 4 is 37.0 Å². The summed E-state index contributed by atoms with van der Waals surface area (Å²) in [7, 11) is 0. The SMILES string of the molecule is FC(F)(F)C1(C(F)(F)F)O[Se]2(OC(C(F)(F)F)(C(F)(F)F)[C@@H]2Sc2ccccc2)[C@@H]1Sc1ccccc1. The quantitative estimate of drug-likeness (QED) is 0.249. The second-order valence-electron chi connectivity index (χ2n) is 7.74. The molecule has 3 atom stereocenters. The van der Waals surface area contributed by atoms with E-state index in [1.54, 1.807) is 0 Å². The fourth-order valence-corrected chi connectivity index (χ4v) is 18.7. The molecule has 206 valence electrons. The minimum absolute atomic E-state index is 0.158. The number of halogens is 12. The summed E-state index contributed by atoms with van der Waals surface area (Å²) >= 11 is -6.15. The average molecular weight is 655 g/mol. The molecule has 2 saturated heterocycles. The summed E-state index contributed by atoms with van der Waals surface area (Å²) in [4.78, 5) is -0.511. The van der Waals surface area contributed by atoms with E-state index in [0.29, 0.717) is 0 Å². The first kappa shape index (κ1) is 28.7. The third-order valence-corrected chi connectivity index (χ3v) is 17.7. The van der Waals surface area contributed by atoms with E-state index in [0.717, 1.165) is 24.3 Å². The van der Waals surface area contributed by atoms with Crippen molar-refractivity contribution in [3.63, 3.8) is 0 Å². The predicted octanol–water partition coefficient (Wildman–Crippen LogP) is 7.62. The van der Waals surface area contributed by atoms with Gasteiger partial charge in [0.2, 0.25) is 0 Å². The van der Waals surface area contributed by atoms with E-state index < -0.39 is 57.7 Å². The van der Waals surface area contributed by atoms with Crippen molar-refractivity contribution in [2.75, 3.05) is 0 Å². The second-order valence-corrected chi connectivity index (χ2v) is 16.6.